The van der Waals surface area contributed by atoms with Gasteiger partial charge in [0.15, 0.2) is 11.3 Å². The number of hydrogen-bond donors (Lipinski definition) is 3. The van der Waals surface area contributed by atoms with E-state index in [0.717, 1.165) is 0 Å². The van der Waals surface area contributed by atoms with Gasteiger partial charge in [0.1, 0.15) is 0 Å². The molecule has 0 aliphatic carbocycles. The molecular formula is C16H30N2O5. The van der Waals surface area contributed by atoms with Crippen molar-refractivity contribution in [1.29, 1.82) is 0 Å². The topological polar surface area (TPSA) is 121 Å². The van der Waals surface area contributed by atoms with Gasteiger partial charge < -0.3 is 15.9 Å². The van der Waals surface area contributed by atoms with Crippen molar-refractivity contribution >= 4 is 17.7 Å². The maximum Gasteiger partial charge on any atom is 0.331 e. The predicted octanol–water partition coefficient (Wildman–Crippen LogP) is 1.49. The summed E-state index contributed by atoms with van der Waals surface area (Å²) in [6.07, 6.45) is -0.828. The predicted molar refractivity (Wildman–Crippen MR) is 87.3 cm³/mol. The molecule has 0 aromatic rings. The molecule has 7 nitrogen and oxygen atoms in total. The molecule has 0 bridgehead atoms. The third kappa shape index (κ3) is 5.00. The summed E-state index contributed by atoms with van der Waals surface area (Å²) in [4.78, 5) is 37.6. The van der Waals surface area contributed by atoms with Crippen LogP contribution in [0.5, 0.6) is 0 Å². The molecule has 0 rings (SSSR count). The maximum absolute atomic E-state index is 12.8. The first-order chi connectivity index (χ1) is 10.2. The number of carbonyl (C=O) groups excluding carboxylic acids is 1. The average molecular weight is 330 g/mol. The van der Waals surface area contributed by atoms with Gasteiger partial charge in [0, 0.05) is 23.9 Å². The van der Waals surface area contributed by atoms with E-state index < -0.39 is 40.8 Å². The summed E-state index contributed by atoms with van der Waals surface area (Å²) >= 11 is 0. The van der Waals surface area contributed by atoms with Crippen molar-refractivity contribution in [3.8, 4) is 0 Å². The molecular weight excluding hydrogens is 300 g/mol. The molecule has 0 aliphatic rings. The molecule has 4 N–H and O–H groups in total. The van der Waals surface area contributed by atoms with E-state index in [2.05, 4.69) is 0 Å². The molecule has 0 aliphatic heterocycles. The summed E-state index contributed by atoms with van der Waals surface area (Å²) in [5.74, 6) is -3.03. The summed E-state index contributed by atoms with van der Waals surface area (Å²) in [7, 11) is 0. The summed E-state index contributed by atoms with van der Waals surface area (Å²) < 4.78 is 0. The van der Waals surface area contributed by atoms with Crippen LogP contribution in [0, 0.1) is 0 Å². The van der Waals surface area contributed by atoms with E-state index in [1.54, 1.807) is 4.90 Å². The highest BCUT2D eigenvalue weighted by Crippen LogP contribution is 2.38. The lowest BCUT2D eigenvalue weighted by Gasteiger charge is -2.54. The number of carboxylic acids is 2. The molecule has 0 amide bonds. The first-order valence-corrected chi connectivity index (χ1v) is 7.70. The van der Waals surface area contributed by atoms with Crippen LogP contribution in [0.1, 0.15) is 60.8 Å². The second kappa shape index (κ2) is 7.40. The highest BCUT2D eigenvalue weighted by molar-refractivity contribution is 6.08. The van der Waals surface area contributed by atoms with Crippen molar-refractivity contribution < 1.29 is 24.6 Å². The summed E-state index contributed by atoms with van der Waals surface area (Å²) in [6, 6.07) is 0. The van der Waals surface area contributed by atoms with Gasteiger partial charge in [-0.05, 0) is 54.5 Å². The molecule has 0 radical (unpaired) electrons. The molecule has 0 aromatic heterocycles. The Kier molecular flexibility index (Phi) is 6.93. The zero-order valence-electron chi connectivity index (χ0n) is 15.0. The lowest BCUT2D eigenvalue weighted by Crippen LogP contribution is -2.71. The van der Waals surface area contributed by atoms with Crippen LogP contribution in [0.15, 0.2) is 0 Å². The monoisotopic (exact) mass is 330 g/mol. The van der Waals surface area contributed by atoms with Gasteiger partial charge in [-0.2, -0.15) is 0 Å². The third-order valence-corrected chi connectivity index (χ3v) is 3.61. The molecule has 23 heavy (non-hydrogen) atoms. The highest BCUT2D eigenvalue weighted by Gasteiger charge is 2.56. The normalized spacial score (nSPS) is 15.3. The largest absolute Gasteiger partial charge is 0.481 e. The zero-order chi connectivity index (χ0) is 18.6. The average Bonchev–Trinajstić information content (AvgIpc) is 2.30. The van der Waals surface area contributed by atoms with E-state index in [1.165, 1.54) is 0 Å². The summed E-state index contributed by atoms with van der Waals surface area (Å²) in [6.45, 7) is 10.9. The van der Waals surface area contributed by atoms with Gasteiger partial charge in [-0.3, -0.25) is 14.5 Å². The van der Waals surface area contributed by atoms with E-state index in [-0.39, 0.29) is 19.4 Å². The van der Waals surface area contributed by atoms with Gasteiger partial charge >= 0.3 is 11.9 Å². The third-order valence-electron chi connectivity index (χ3n) is 3.61. The Bertz CT molecular complexity index is 448. The van der Waals surface area contributed by atoms with Gasteiger partial charge in [0.25, 0.3) is 0 Å². The van der Waals surface area contributed by atoms with E-state index >= 15 is 0 Å². The second-order valence-electron chi connectivity index (χ2n) is 7.70. The van der Waals surface area contributed by atoms with Crippen LogP contribution in [0.4, 0.5) is 0 Å². The minimum absolute atomic E-state index is 0.0169. The number of nitrogens with two attached hydrogens (primary N) is 1. The number of nitrogens with zero attached hydrogens (tertiary/aromatic N) is 1. The van der Waals surface area contributed by atoms with Gasteiger partial charge in [0.2, 0.25) is 0 Å². The molecule has 0 saturated heterocycles. The fraction of sp³-hybridized carbons (Fsp3) is 0.812. The first-order valence-electron chi connectivity index (χ1n) is 7.70. The molecule has 0 fully saturated rings. The molecule has 134 valence electrons. The Hall–Kier alpha value is -1.47. The van der Waals surface area contributed by atoms with Crippen LogP contribution in [0.25, 0.3) is 0 Å². The van der Waals surface area contributed by atoms with Crippen molar-refractivity contribution in [2.24, 2.45) is 5.73 Å². The lowest BCUT2D eigenvalue weighted by atomic mass is 9.78. The lowest BCUT2D eigenvalue weighted by molar-refractivity contribution is -0.172. The Morgan fingerprint density at radius 2 is 1.35 bits per heavy atom. The molecule has 0 heterocycles. The molecule has 1 atom stereocenters. The van der Waals surface area contributed by atoms with Crippen LogP contribution >= 0.6 is 0 Å². The Morgan fingerprint density at radius 3 is 1.61 bits per heavy atom. The molecule has 0 unspecified atom stereocenters. The van der Waals surface area contributed by atoms with Crippen molar-refractivity contribution in [3.05, 3.63) is 0 Å². The van der Waals surface area contributed by atoms with Gasteiger partial charge in [-0.15, -0.1) is 0 Å². The summed E-state index contributed by atoms with van der Waals surface area (Å²) in [5.41, 5.74) is 2.19. The number of rotatable bonds is 8. The van der Waals surface area contributed by atoms with Crippen molar-refractivity contribution in [3.63, 3.8) is 0 Å². The number of ketones is 1. The van der Waals surface area contributed by atoms with Crippen LogP contribution in [-0.2, 0) is 14.4 Å². The van der Waals surface area contributed by atoms with E-state index in [1.807, 2.05) is 41.5 Å². The quantitative estimate of drug-likeness (QED) is 0.576. The number of carboxylic acid groups (broad SMARTS) is 2. The van der Waals surface area contributed by atoms with E-state index in [0.29, 0.717) is 0 Å². The van der Waals surface area contributed by atoms with Crippen LogP contribution in [0.2, 0.25) is 0 Å². The van der Waals surface area contributed by atoms with Crippen molar-refractivity contribution in [1.82, 2.24) is 4.90 Å². The minimum Gasteiger partial charge on any atom is -0.481 e. The Labute approximate surface area is 137 Å². The second-order valence-corrected chi connectivity index (χ2v) is 7.70. The van der Waals surface area contributed by atoms with Crippen molar-refractivity contribution in [2.45, 2.75) is 77.4 Å². The van der Waals surface area contributed by atoms with Gasteiger partial charge in [-0.1, -0.05) is 0 Å². The molecule has 7 heteroatoms. The summed E-state index contributed by atoms with van der Waals surface area (Å²) in [5, 5.41) is 18.9. The highest BCUT2D eigenvalue weighted by atomic mass is 16.4. The van der Waals surface area contributed by atoms with Crippen LogP contribution in [-0.4, -0.2) is 56.0 Å². The van der Waals surface area contributed by atoms with E-state index in [9.17, 15) is 19.5 Å². The van der Waals surface area contributed by atoms with E-state index in [4.69, 9.17) is 10.8 Å². The van der Waals surface area contributed by atoms with Crippen molar-refractivity contribution in [2.75, 3.05) is 6.54 Å². The molecule has 0 saturated carbocycles. The number of hydrogen-bond acceptors (Lipinski definition) is 5. The fourth-order valence-electron chi connectivity index (χ4n) is 3.47. The first kappa shape index (κ1) is 21.5. The Morgan fingerprint density at radius 1 is 0.913 bits per heavy atom. The number of carbonyl (C=O) groups is 3. The van der Waals surface area contributed by atoms with Gasteiger partial charge in [0.05, 0.1) is 0 Å². The van der Waals surface area contributed by atoms with Crippen LogP contribution in [0.3, 0.4) is 0 Å². The SMILES string of the molecule is CC(C)(C)N(C(C)(C)C)[C@](CCC(=O)O)(C(=O)O)C(=O)CCN. The van der Waals surface area contributed by atoms with Gasteiger partial charge in [-0.25, -0.2) is 4.79 Å². The maximum atomic E-state index is 12.8. The number of Topliss-reactive ketones (excluding diaryl/α,β-unsaturated/α-hetero) is 1. The van der Waals surface area contributed by atoms with Crippen LogP contribution < -0.4 is 5.73 Å². The number of aliphatic carboxylic acids is 2. The Balaban J connectivity index is 6.39. The smallest absolute Gasteiger partial charge is 0.331 e. The zero-order valence-corrected chi connectivity index (χ0v) is 15.0. The molecule has 0 aromatic carbocycles. The standard InChI is InChI=1S/C16H30N2O5/c1-14(2,3)18(15(4,5)6)16(13(22)23,9-7-12(20)21)11(19)8-10-17/h7-10,17H2,1-6H3,(H,20,21)(H,22,23)/t16-/m0/s1. The minimum atomic E-state index is -1.92. The fourth-order valence-corrected chi connectivity index (χ4v) is 3.47. The molecule has 0 spiro atoms.